The molecule has 4 aromatic rings. The summed E-state index contributed by atoms with van der Waals surface area (Å²) in [4.78, 5) is 11.2. The molecule has 1 aliphatic heterocycles. The van der Waals surface area contributed by atoms with Gasteiger partial charge in [0.1, 0.15) is 23.6 Å². The van der Waals surface area contributed by atoms with Gasteiger partial charge < -0.3 is 15.4 Å². The Kier molecular flexibility index (Phi) is 7.00. The van der Waals surface area contributed by atoms with E-state index in [-0.39, 0.29) is 12.4 Å². The molecule has 1 saturated heterocycles. The Morgan fingerprint density at radius 2 is 1.82 bits per heavy atom. The van der Waals surface area contributed by atoms with Crippen LogP contribution in [-0.2, 0) is 6.54 Å². The van der Waals surface area contributed by atoms with Gasteiger partial charge in [0.25, 0.3) is 0 Å². The number of ether oxygens (including phenoxy) is 1. The van der Waals surface area contributed by atoms with Crippen molar-refractivity contribution in [2.45, 2.75) is 32.7 Å². The number of anilines is 1. The van der Waals surface area contributed by atoms with E-state index < -0.39 is 0 Å². The second kappa shape index (κ2) is 9.93. The zero-order valence-electron chi connectivity index (χ0n) is 19.2. The highest BCUT2D eigenvalue weighted by Gasteiger charge is 2.20. The number of hydrogen-bond donors (Lipinski definition) is 1. The standard InChI is InChI=1S/C25H30N6O.ClH/c1-3-32-21-7-6-18-14-20(5-4-19(18)15-21)23-22-24(26)27-16-28-25(22)31(29-23)13-10-17-8-11-30(2)12-9-17;/h4-7,14-17H,3,8-13H2,1-2H3,(H2,26,27,28);1H. The van der Waals surface area contributed by atoms with Crippen molar-refractivity contribution in [3.8, 4) is 17.0 Å². The predicted molar refractivity (Wildman–Crippen MR) is 136 cm³/mol. The number of aromatic nitrogens is 4. The van der Waals surface area contributed by atoms with Crippen LogP contribution < -0.4 is 10.5 Å². The number of likely N-dealkylation sites (tertiary alicyclic amines) is 1. The summed E-state index contributed by atoms with van der Waals surface area (Å²) < 4.78 is 7.65. The first-order valence-corrected chi connectivity index (χ1v) is 11.4. The highest BCUT2D eigenvalue weighted by atomic mass is 35.5. The van der Waals surface area contributed by atoms with Gasteiger partial charge in [-0.2, -0.15) is 5.10 Å². The van der Waals surface area contributed by atoms with E-state index >= 15 is 0 Å². The Bertz CT molecular complexity index is 1250. The van der Waals surface area contributed by atoms with Crippen LogP contribution in [0.5, 0.6) is 5.75 Å². The molecule has 2 N–H and O–H groups in total. The molecule has 0 bridgehead atoms. The van der Waals surface area contributed by atoms with Crippen molar-refractivity contribution in [3.63, 3.8) is 0 Å². The maximum absolute atomic E-state index is 6.30. The van der Waals surface area contributed by atoms with Gasteiger partial charge in [0.05, 0.1) is 12.0 Å². The molecule has 0 amide bonds. The molecule has 5 rings (SSSR count). The Balaban J connectivity index is 0.00000259. The monoisotopic (exact) mass is 466 g/mol. The summed E-state index contributed by atoms with van der Waals surface area (Å²) >= 11 is 0. The van der Waals surface area contributed by atoms with Gasteiger partial charge in [0.2, 0.25) is 0 Å². The van der Waals surface area contributed by atoms with Crippen LogP contribution in [0.2, 0.25) is 0 Å². The molecule has 8 heteroatoms. The molecular weight excluding hydrogens is 436 g/mol. The molecule has 0 atom stereocenters. The van der Waals surface area contributed by atoms with Gasteiger partial charge in [0, 0.05) is 12.1 Å². The zero-order chi connectivity index (χ0) is 22.1. The number of rotatable bonds is 6. The number of nitrogen functional groups attached to an aromatic ring is 1. The van der Waals surface area contributed by atoms with Gasteiger partial charge in [-0.25, -0.2) is 14.6 Å². The number of fused-ring (bicyclic) bond motifs is 2. The molecule has 1 aliphatic rings. The fourth-order valence-electron chi connectivity index (χ4n) is 4.67. The molecule has 7 nitrogen and oxygen atoms in total. The number of nitrogens with two attached hydrogens (primary N) is 1. The summed E-state index contributed by atoms with van der Waals surface area (Å²) in [6, 6.07) is 12.5. The highest BCUT2D eigenvalue weighted by molar-refractivity contribution is 6.00. The summed E-state index contributed by atoms with van der Waals surface area (Å²) in [6.07, 6.45) is 5.12. The van der Waals surface area contributed by atoms with Crippen LogP contribution in [-0.4, -0.2) is 51.4 Å². The minimum Gasteiger partial charge on any atom is -0.494 e. The summed E-state index contributed by atoms with van der Waals surface area (Å²) in [7, 11) is 2.20. The first-order chi connectivity index (χ1) is 15.6. The fraction of sp³-hybridized carbons (Fsp3) is 0.400. The molecule has 0 unspecified atom stereocenters. The van der Waals surface area contributed by atoms with E-state index in [1.165, 1.54) is 32.3 Å². The number of piperidine rings is 1. The predicted octanol–water partition coefficient (Wildman–Crippen LogP) is 4.78. The fourth-order valence-corrected chi connectivity index (χ4v) is 4.67. The largest absolute Gasteiger partial charge is 0.494 e. The van der Waals surface area contributed by atoms with Crippen molar-refractivity contribution in [2.24, 2.45) is 5.92 Å². The molecule has 2 aromatic carbocycles. The molecule has 3 heterocycles. The van der Waals surface area contributed by atoms with E-state index in [0.29, 0.717) is 12.4 Å². The van der Waals surface area contributed by atoms with Crippen LogP contribution in [0.25, 0.3) is 33.1 Å². The van der Waals surface area contributed by atoms with E-state index in [1.807, 2.05) is 17.7 Å². The lowest BCUT2D eigenvalue weighted by Crippen LogP contribution is -2.30. The lowest BCUT2D eigenvalue weighted by Gasteiger charge is -2.28. The lowest BCUT2D eigenvalue weighted by molar-refractivity contribution is 0.207. The average Bonchev–Trinajstić information content (AvgIpc) is 3.19. The van der Waals surface area contributed by atoms with E-state index in [2.05, 4.69) is 52.2 Å². The average molecular weight is 467 g/mol. The first-order valence-electron chi connectivity index (χ1n) is 11.4. The summed E-state index contributed by atoms with van der Waals surface area (Å²) in [5.41, 5.74) is 8.98. The maximum Gasteiger partial charge on any atom is 0.163 e. The summed E-state index contributed by atoms with van der Waals surface area (Å²) in [5, 5.41) is 8.08. The van der Waals surface area contributed by atoms with Crippen molar-refractivity contribution < 1.29 is 4.74 Å². The quantitative estimate of drug-likeness (QED) is 0.440. The third-order valence-corrected chi connectivity index (χ3v) is 6.54. The smallest absolute Gasteiger partial charge is 0.163 e. The summed E-state index contributed by atoms with van der Waals surface area (Å²) in [5.74, 6) is 2.09. The van der Waals surface area contributed by atoms with Crippen molar-refractivity contribution in [1.29, 1.82) is 0 Å². The van der Waals surface area contributed by atoms with Gasteiger partial charge in [-0.05, 0) is 81.2 Å². The molecule has 1 fully saturated rings. The van der Waals surface area contributed by atoms with Gasteiger partial charge in [-0.15, -0.1) is 12.4 Å². The number of aryl methyl sites for hydroxylation is 1. The summed E-state index contributed by atoms with van der Waals surface area (Å²) in [6.45, 7) is 5.84. The zero-order valence-corrected chi connectivity index (χ0v) is 20.0. The van der Waals surface area contributed by atoms with Crippen LogP contribution in [0, 0.1) is 5.92 Å². The Morgan fingerprint density at radius 1 is 1.06 bits per heavy atom. The minimum atomic E-state index is 0. The van der Waals surface area contributed by atoms with E-state index in [4.69, 9.17) is 15.6 Å². The topological polar surface area (TPSA) is 82.1 Å². The first kappa shape index (κ1) is 23.3. The van der Waals surface area contributed by atoms with Crippen molar-refractivity contribution >= 4 is 40.0 Å². The minimum absolute atomic E-state index is 0. The molecule has 0 spiro atoms. The number of hydrogen-bond acceptors (Lipinski definition) is 6. The normalized spacial score (nSPS) is 15.1. The Labute approximate surface area is 200 Å². The van der Waals surface area contributed by atoms with E-state index in [0.717, 1.165) is 57.7 Å². The van der Waals surface area contributed by atoms with Crippen LogP contribution in [0.4, 0.5) is 5.82 Å². The van der Waals surface area contributed by atoms with Crippen LogP contribution in [0.15, 0.2) is 42.7 Å². The third kappa shape index (κ3) is 4.75. The Morgan fingerprint density at radius 3 is 2.61 bits per heavy atom. The SMILES string of the molecule is CCOc1ccc2cc(-c3nn(CCC4CCN(C)CC4)c4ncnc(N)c34)ccc2c1.Cl. The molecule has 0 aliphatic carbocycles. The van der Waals surface area contributed by atoms with Gasteiger partial charge in [-0.3, -0.25) is 0 Å². The number of halogens is 1. The molecule has 2 aromatic heterocycles. The van der Waals surface area contributed by atoms with Crippen molar-refractivity contribution in [1.82, 2.24) is 24.6 Å². The maximum atomic E-state index is 6.30. The molecule has 174 valence electrons. The van der Waals surface area contributed by atoms with Crippen LogP contribution >= 0.6 is 12.4 Å². The van der Waals surface area contributed by atoms with Crippen LogP contribution in [0.1, 0.15) is 26.2 Å². The molecular formula is C25H31ClN6O. The lowest BCUT2D eigenvalue weighted by atomic mass is 9.94. The number of nitrogens with zero attached hydrogens (tertiary/aromatic N) is 5. The molecule has 0 saturated carbocycles. The van der Waals surface area contributed by atoms with Gasteiger partial charge in [0.15, 0.2) is 5.65 Å². The number of benzene rings is 2. The van der Waals surface area contributed by atoms with Crippen LogP contribution in [0.3, 0.4) is 0 Å². The van der Waals surface area contributed by atoms with Crippen molar-refractivity contribution in [2.75, 3.05) is 32.5 Å². The highest BCUT2D eigenvalue weighted by Crippen LogP contribution is 2.33. The third-order valence-electron chi connectivity index (χ3n) is 6.54. The molecule has 33 heavy (non-hydrogen) atoms. The second-order valence-corrected chi connectivity index (χ2v) is 8.72. The van der Waals surface area contributed by atoms with Gasteiger partial charge >= 0.3 is 0 Å². The Hall–Kier alpha value is -2.90. The van der Waals surface area contributed by atoms with Crippen molar-refractivity contribution in [3.05, 3.63) is 42.7 Å². The van der Waals surface area contributed by atoms with Gasteiger partial charge in [-0.1, -0.05) is 18.2 Å². The van der Waals surface area contributed by atoms with E-state index in [1.54, 1.807) is 0 Å². The molecule has 0 radical (unpaired) electrons. The second-order valence-electron chi connectivity index (χ2n) is 8.72. The van der Waals surface area contributed by atoms with E-state index in [9.17, 15) is 0 Å².